The minimum atomic E-state index is -0.708. The summed E-state index contributed by atoms with van der Waals surface area (Å²) in [6.07, 6.45) is -1.88. The van der Waals surface area contributed by atoms with Crippen LogP contribution in [0.2, 0.25) is 0 Å². The second-order valence-corrected chi connectivity index (χ2v) is 4.30. The molecular weight excluding hydrogens is 248 g/mol. The van der Waals surface area contributed by atoms with E-state index in [2.05, 4.69) is 5.32 Å². The summed E-state index contributed by atoms with van der Waals surface area (Å²) in [6.45, 7) is 3.38. The van der Waals surface area contributed by atoms with Crippen molar-refractivity contribution in [3.8, 4) is 0 Å². The molecule has 1 heterocycles. The van der Waals surface area contributed by atoms with Gasteiger partial charge in [0.1, 0.15) is 12.8 Å². The van der Waals surface area contributed by atoms with Crippen molar-refractivity contribution in [2.45, 2.75) is 32.7 Å². The van der Waals surface area contributed by atoms with Crippen LogP contribution >= 0.6 is 0 Å². The van der Waals surface area contributed by atoms with Crippen molar-refractivity contribution < 1.29 is 19.2 Å². The van der Waals surface area contributed by atoms with Gasteiger partial charge in [0.25, 0.3) is 5.91 Å². The molecule has 2 amide bonds. The van der Waals surface area contributed by atoms with Gasteiger partial charge in [-0.2, -0.15) is 5.06 Å². The number of nitrogens with one attached hydrogen (secondary N) is 1. The van der Waals surface area contributed by atoms with Gasteiger partial charge in [-0.15, -0.1) is 0 Å². The minimum Gasteiger partial charge on any atom is -0.443 e. The first-order valence-electron chi connectivity index (χ1n) is 6.05. The first-order chi connectivity index (χ1) is 9.08. The molecule has 19 heavy (non-hydrogen) atoms. The fourth-order valence-electron chi connectivity index (χ4n) is 1.68. The Morgan fingerprint density at radius 1 is 1.37 bits per heavy atom. The summed E-state index contributed by atoms with van der Waals surface area (Å²) < 4.78 is 5.13. The van der Waals surface area contributed by atoms with Crippen LogP contribution in [0.1, 0.15) is 19.4 Å². The van der Waals surface area contributed by atoms with Gasteiger partial charge in [0.2, 0.25) is 0 Å². The molecule has 0 saturated carbocycles. The van der Waals surface area contributed by atoms with E-state index in [1.54, 1.807) is 13.8 Å². The molecule has 6 nitrogen and oxygen atoms in total. The zero-order chi connectivity index (χ0) is 13.8. The molecule has 1 aliphatic rings. The van der Waals surface area contributed by atoms with Gasteiger partial charge in [-0.3, -0.25) is 9.63 Å². The average molecular weight is 264 g/mol. The Bertz CT molecular complexity index is 463. The first kappa shape index (κ1) is 13.4. The highest BCUT2D eigenvalue weighted by atomic mass is 16.7. The topological polar surface area (TPSA) is 67.9 Å². The van der Waals surface area contributed by atoms with E-state index in [1.807, 2.05) is 30.3 Å². The van der Waals surface area contributed by atoms with Crippen LogP contribution in [0, 0.1) is 0 Å². The lowest BCUT2D eigenvalue weighted by molar-refractivity contribution is -0.218. The Kier molecular flexibility index (Phi) is 4.01. The highest BCUT2D eigenvalue weighted by Gasteiger charge is 2.34. The quantitative estimate of drug-likeness (QED) is 0.877. The number of nitrogens with zero attached hydrogens (tertiary/aromatic N) is 1. The summed E-state index contributed by atoms with van der Waals surface area (Å²) in [7, 11) is 0. The first-order valence-corrected chi connectivity index (χ1v) is 6.05. The van der Waals surface area contributed by atoms with Gasteiger partial charge >= 0.3 is 6.09 Å². The average Bonchev–Trinajstić information content (AvgIpc) is 2.41. The molecule has 0 aliphatic carbocycles. The number of hydroxylamine groups is 2. The molecule has 1 saturated heterocycles. The van der Waals surface area contributed by atoms with Crippen LogP contribution in [0.15, 0.2) is 30.3 Å². The van der Waals surface area contributed by atoms with Gasteiger partial charge in [0.05, 0.1) is 0 Å². The third-order valence-electron chi connectivity index (χ3n) is 2.73. The van der Waals surface area contributed by atoms with E-state index < -0.39 is 18.4 Å². The van der Waals surface area contributed by atoms with E-state index in [0.717, 1.165) is 10.6 Å². The summed E-state index contributed by atoms with van der Waals surface area (Å²) in [5.41, 5.74) is 0.887. The smallest absolute Gasteiger partial charge is 0.436 e. The van der Waals surface area contributed by atoms with Crippen molar-refractivity contribution >= 4 is 12.0 Å². The predicted molar refractivity (Wildman–Crippen MR) is 66.6 cm³/mol. The zero-order valence-corrected chi connectivity index (χ0v) is 10.8. The van der Waals surface area contributed by atoms with Crippen LogP contribution < -0.4 is 5.32 Å². The summed E-state index contributed by atoms with van der Waals surface area (Å²) in [4.78, 5) is 28.4. The molecule has 1 aliphatic heterocycles. The van der Waals surface area contributed by atoms with Crippen LogP contribution in [0.4, 0.5) is 4.79 Å². The van der Waals surface area contributed by atoms with Crippen molar-refractivity contribution in [1.29, 1.82) is 0 Å². The summed E-state index contributed by atoms with van der Waals surface area (Å²) in [5, 5.41) is 3.66. The Morgan fingerprint density at radius 2 is 2.05 bits per heavy atom. The maximum Gasteiger partial charge on any atom is 0.436 e. The monoisotopic (exact) mass is 264 g/mol. The molecule has 2 rings (SSSR count). The van der Waals surface area contributed by atoms with Crippen LogP contribution in [0.5, 0.6) is 0 Å². The molecule has 0 aromatic heterocycles. The Balaban J connectivity index is 1.91. The molecule has 0 spiro atoms. The second-order valence-electron chi connectivity index (χ2n) is 4.30. The molecule has 2 unspecified atom stereocenters. The fourth-order valence-corrected chi connectivity index (χ4v) is 1.68. The Morgan fingerprint density at radius 3 is 2.74 bits per heavy atom. The predicted octanol–water partition coefficient (Wildman–Crippen LogP) is 1.42. The molecule has 102 valence electrons. The lowest BCUT2D eigenvalue weighted by Crippen LogP contribution is -2.58. The zero-order valence-electron chi connectivity index (χ0n) is 10.8. The van der Waals surface area contributed by atoms with Gasteiger partial charge in [-0.25, -0.2) is 4.79 Å². The van der Waals surface area contributed by atoms with Gasteiger partial charge in [-0.1, -0.05) is 30.3 Å². The molecule has 2 atom stereocenters. The van der Waals surface area contributed by atoms with Crippen LogP contribution in [-0.4, -0.2) is 29.3 Å². The minimum absolute atomic E-state index is 0.161. The number of benzene rings is 1. The fraction of sp³-hybridized carbons (Fsp3) is 0.385. The van der Waals surface area contributed by atoms with E-state index >= 15 is 0 Å². The number of carbonyl (C=O) groups excluding carboxylic acids is 2. The van der Waals surface area contributed by atoms with E-state index in [9.17, 15) is 9.59 Å². The van der Waals surface area contributed by atoms with Crippen molar-refractivity contribution in [1.82, 2.24) is 10.4 Å². The van der Waals surface area contributed by atoms with Crippen molar-refractivity contribution in [3.05, 3.63) is 35.9 Å². The molecule has 1 aromatic rings. The van der Waals surface area contributed by atoms with Gasteiger partial charge in [0, 0.05) is 0 Å². The van der Waals surface area contributed by atoms with Crippen LogP contribution in [0.25, 0.3) is 0 Å². The maximum absolute atomic E-state index is 11.9. The summed E-state index contributed by atoms with van der Waals surface area (Å²) >= 11 is 0. The third-order valence-corrected chi connectivity index (χ3v) is 2.73. The van der Waals surface area contributed by atoms with Crippen molar-refractivity contribution in [2.24, 2.45) is 0 Å². The number of rotatable bonds is 2. The van der Waals surface area contributed by atoms with Crippen molar-refractivity contribution in [2.75, 3.05) is 0 Å². The Labute approximate surface area is 111 Å². The lowest BCUT2D eigenvalue weighted by atomic mass is 10.2. The molecule has 1 N–H and O–H groups in total. The SMILES string of the molecule is CC1ON(C(=O)OCc2ccccc2)C(C)NC1=O. The van der Waals surface area contributed by atoms with E-state index in [-0.39, 0.29) is 12.5 Å². The standard InChI is InChI=1S/C13H16N2O4/c1-9-12(16)14-10(2)15(19-9)13(17)18-8-11-6-4-3-5-7-11/h3-7,9-10H,8H2,1-2H3,(H,14,16). The van der Waals surface area contributed by atoms with E-state index in [4.69, 9.17) is 9.57 Å². The molecular formula is C13H16N2O4. The van der Waals surface area contributed by atoms with Gasteiger partial charge in [0.15, 0.2) is 6.10 Å². The summed E-state index contributed by atoms with van der Waals surface area (Å²) in [5.74, 6) is -0.250. The highest BCUT2D eigenvalue weighted by Crippen LogP contribution is 2.12. The number of hydrogen-bond acceptors (Lipinski definition) is 4. The van der Waals surface area contributed by atoms with E-state index in [0.29, 0.717) is 0 Å². The normalized spacial score (nSPS) is 22.8. The largest absolute Gasteiger partial charge is 0.443 e. The molecule has 6 heteroatoms. The number of ether oxygens (including phenoxy) is 1. The van der Waals surface area contributed by atoms with Crippen LogP contribution in [-0.2, 0) is 21.0 Å². The summed E-state index contributed by atoms with van der Waals surface area (Å²) in [6, 6.07) is 9.34. The second kappa shape index (κ2) is 5.71. The molecule has 0 radical (unpaired) electrons. The third kappa shape index (κ3) is 3.23. The lowest BCUT2D eigenvalue weighted by Gasteiger charge is -2.34. The number of amides is 2. The highest BCUT2D eigenvalue weighted by molar-refractivity contribution is 5.82. The molecule has 1 fully saturated rings. The van der Waals surface area contributed by atoms with Gasteiger partial charge < -0.3 is 10.1 Å². The number of carbonyl (C=O) groups is 2. The maximum atomic E-state index is 11.9. The Hall–Kier alpha value is -2.08. The van der Waals surface area contributed by atoms with E-state index in [1.165, 1.54) is 0 Å². The van der Waals surface area contributed by atoms with Crippen LogP contribution in [0.3, 0.4) is 0 Å². The van der Waals surface area contributed by atoms with Crippen molar-refractivity contribution in [3.63, 3.8) is 0 Å². The molecule has 1 aromatic carbocycles. The number of hydrogen-bond donors (Lipinski definition) is 1. The molecule has 0 bridgehead atoms. The van der Waals surface area contributed by atoms with Gasteiger partial charge in [-0.05, 0) is 19.4 Å².